The highest BCUT2D eigenvalue weighted by molar-refractivity contribution is 5.84. The number of nitrogens with one attached hydrogen (secondary N) is 1. The fourth-order valence-electron chi connectivity index (χ4n) is 3.16. The van der Waals surface area contributed by atoms with Crippen LogP contribution in [0.1, 0.15) is 18.1 Å². The smallest absolute Gasteiger partial charge is 0.245 e. The van der Waals surface area contributed by atoms with E-state index in [0.717, 1.165) is 18.7 Å². The Labute approximate surface area is 148 Å². The van der Waals surface area contributed by atoms with Gasteiger partial charge in [-0.25, -0.2) is 0 Å². The van der Waals surface area contributed by atoms with Gasteiger partial charge >= 0.3 is 0 Å². The van der Waals surface area contributed by atoms with Crippen LogP contribution in [0.4, 0.5) is 5.69 Å². The summed E-state index contributed by atoms with van der Waals surface area (Å²) in [7, 11) is 3.22. The molecule has 0 saturated heterocycles. The van der Waals surface area contributed by atoms with Crippen LogP contribution in [0.2, 0.25) is 0 Å². The van der Waals surface area contributed by atoms with E-state index in [9.17, 15) is 4.79 Å². The molecule has 0 fully saturated rings. The Morgan fingerprint density at radius 2 is 1.72 bits per heavy atom. The first-order chi connectivity index (χ1) is 12.1. The lowest BCUT2D eigenvalue weighted by atomic mass is 9.99. The second-order valence-corrected chi connectivity index (χ2v) is 6.25. The van der Waals surface area contributed by atoms with Crippen LogP contribution in [0.3, 0.4) is 0 Å². The normalized spacial score (nSPS) is 14.4. The molecule has 0 aromatic heterocycles. The van der Waals surface area contributed by atoms with Crippen molar-refractivity contribution in [3.8, 4) is 11.5 Å². The van der Waals surface area contributed by atoms with Crippen molar-refractivity contribution in [1.82, 2.24) is 4.90 Å². The summed E-state index contributed by atoms with van der Waals surface area (Å²) < 4.78 is 10.6. The number of carbonyl (C=O) groups excluding carboxylic acids is 1. The van der Waals surface area contributed by atoms with E-state index in [1.807, 2.05) is 30.0 Å². The molecule has 5 heteroatoms. The highest BCUT2D eigenvalue weighted by atomic mass is 16.5. The number of carbonyl (C=O) groups is 1. The summed E-state index contributed by atoms with van der Waals surface area (Å²) in [4.78, 5) is 14.7. The van der Waals surface area contributed by atoms with Crippen LogP contribution in [-0.2, 0) is 17.8 Å². The van der Waals surface area contributed by atoms with Gasteiger partial charge in [0.05, 0.1) is 14.2 Å². The summed E-state index contributed by atoms with van der Waals surface area (Å²) >= 11 is 0. The molecule has 1 amide bonds. The van der Waals surface area contributed by atoms with E-state index in [0.29, 0.717) is 18.0 Å². The van der Waals surface area contributed by atoms with Gasteiger partial charge in [0.15, 0.2) is 0 Å². The van der Waals surface area contributed by atoms with Gasteiger partial charge in [-0.05, 0) is 24.5 Å². The van der Waals surface area contributed by atoms with Gasteiger partial charge in [-0.15, -0.1) is 0 Å². The van der Waals surface area contributed by atoms with Crippen molar-refractivity contribution >= 4 is 11.6 Å². The zero-order chi connectivity index (χ0) is 17.8. The molecule has 1 heterocycles. The average Bonchev–Trinajstić information content (AvgIpc) is 2.66. The molecule has 132 valence electrons. The number of anilines is 1. The molecule has 0 radical (unpaired) electrons. The molecule has 1 aliphatic rings. The van der Waals surface area contributed by atoms with Crippen LogP contribution in [0.15, 0.2) is 42.5 Å². The zero-order valence-electron chi connectivity index (χ0n) is 14.9. The van der Waals surface area contributed by atoms with Crippen LogP contribution < -0.4 is 14.8 Å². The Morgan fingerprint density at radius 1 is 1.08 bits per heavy atom. The Hall–Kier alpha value is -2.69. The highest BCUT2D eigenvalue weighted by Crippen LogP contribution is 2.26. The Balaban J connectivity index is 1.69. The number of rotatable bonds is 5. The number of methoxy groups -OCH3 is 2. The fraction of sp³-hybridized carbons (Fsp3) is 0.350. The molecule has 2 aromatic carbocycles. The average molecular weight is 340 g/mol. The van der Waals surface area contributed by atoms with Gasteiger partial charge in [0.25, 0.3) is 0 Å². The Bertz CT molecular complexity index is 738. The standard InChI is InChI=1S/C20H24N2O3/c1-14(21-17-10-18(24-2)12-19(11-17)25-3)20(23)22-9-8-15-6-4-5-7-16(15)13-22/h4-7,10-12,14,21H,8-9,13H2,1-3H3/t14-/m0/s1. The summed E-state index contributed by atoms with van der Waals surface area (Å²) in [6.07, 6.45) is 0.904. The number of fused-ring (bicyclic) bond motifs is 1. The third-order valence-corrected chi connectivity index (χ3v) is 4.55. The molecule has 1 aliphatic heterocycles. The van der Waals surface area contributed by atoms with Gasteiger partial charge < -0.3 is 19.7 Å². The van der Waals surface area contributed by atoms with Crippen molar-refractivity contribution in [2.45, 2.75) is 25.9 Å². The van der Waals surface area contributed by atoms with Crippen molar-refractivity contribution in [1.29, 1.82) is 0 Å². The molecule has 0 bridgehead atoms. The van der Waals surface area contributed by atoms with Crippen LogP contribution in [0.5, 0.6) is 11.5 Å². The second-order valence-electron chi connectivity index (χ2n) is 6.25. The maximum Gasteiger partial charge on any atom is 0.245 e. The van der Waals surface area contributed by atoms with Gasteiger partial charge in [-0.2, -0.15) is 0 Å². The van der Waals surface area contributed by atoms with Crippen molar-refractivity contribution in [2.75, 3.05) is 26.1 Å². The summed E-state index contributed by atoms with van der Waals surface area (Å²) in [6.45, 7) is 3.31. The molecule has 0 unspecified atom stereocenters. The molecule has 2 aromatic rings. The summed E-state index contributed by atoms with van der Waals surface area (Å²) in [5, 5.41) is 3.26. The minimum absolute atomic E-state index is 0.0938. The molecule has 25 heavy (non-hydrogen) atoms. The van der Waals surface area contributed by atoms with Crippen LogP contribution in [-0.4, -0.2) is 37.6 Å². The van der Waals surface area contributed by atoms with Crippen LogP contribution in [0, 0.1) is 0 Å². The zero-order valence-corrected chi connectivity index (χ0v) is 14.9. The molecule has 0 aliphatic carbocycles. The molecule has 0 spiro atoms. The largest absolute Gasteiger partial charge is 0.497 e. The van der Waals surface area contributed by atoms with Crippen molar-refractivity contribution in [3.05, 3.63) is 53.6 Å². The number of ether oxygens (including phenoxy) is 2. The monoisotopic (exact) mass is 340 g/mol. The molecule has 1 atom stereocenters. The van der Waals surface area contributed by atoms with Crippen LogP contribution in [0.25, 0.3) is 0 Å². The van der Waals surface area contributed by atoms with Gasteiger partial charge in [-0.1, -0.05) is 24.3 Å². The predicted molar refractivity (Wildman–Crippen MR) is 98.2 cm³/mol. The first kappa shape index (κ1) is 17.1. The lowest BCUT2D eigenvalue weighted by Gasteiger charge is -2.31. The third kappa shape index (κ3) is 3.87. The molecular formula is C20H24N2O3. The third-order valence-electron chi connectivity index (χ3n) is 4.55. The van der Waals surface area contributed by atoms with Gasteiger partial charge in [0, 0.05) is 37.0 Å². The molecule has 0 saturated carbocycles. The number of amides is 1. The van der Waals surface area contributed by atoms with E-state index < -0.39 is 0 Å². The second kappa shape index (κ2) is 7.47. The van der Waals surface area contributed by atoms with Gasteiger partial charge in [0.1, 0.15) is 17.5 Å². The van der Waals surface area contributed by atoms with Gasteiger partial charge in [0.2, 0.25) is 5.91 Å². The number of hydrogen-bond donors (Lipinski definition) is 1. The lowest BCUT2D eigenvalue weighted by Crippen LogP contribution is -2.43. The lowest BCUT2D eigenvalue weighted by molar-refractivity contribution is -0.132. The topological polar surface area (TPSA) is 50.8 Å². The highest BCUT2D eigenvalue weighted by Gasteiger charge is 2.24. The van der Waals surface area contributed by atoms with Crippen molar-refractivity contribution in [3.63, 3.8) is 0 Å². The molecule has 5 nitrogen and oxygen atoms in total. The Morgan fingerprint density at radius 3 is 2.36 bits per heavy atom. The van der Waals surface area contributed by atoms with Gasteiger partial charge in [-0.3, -0.25) is 4.79 Å². The molecule has 3 rings (SSSR count). The SMILES string of the molecule is COc1cc(N[C@@H](C)C(=O)N2CCc3ccccc3C2)cc(OC)c1. The van der Waals surface area contributed by atoms with E-state index in [-0.39, 0.29) is 11.9 Å². The minimum Gasteiger partial charge on any atom is -0.497 e. The molecule has 1 N–H and O–H groups in total. The molecular weight excluding hydrogens is 316 g/mol. The predicted octanol–water partition coefficient (Wildman–Crippen LogP) is 3.09. The quantitative estimate of drug-likeness (QED) is 0.909. The Kier molecular flexibility index (Phi) is 5.12. The first-order valence-corrected chi connectivity index (χ1v) is 8.46. The minimum atomic E-state index is -0.331. The number of benzene rings is 2. The summed E-state index contributed by atoms with van der Waals surface area (Å²) in [6, 6.07) is 13.5. The summed E-state index contributed by atoms with van der Waals surface area (Å²) in [5.74, 6) is 1.47. The van der Waals surface area contributed by atoms with Crippen molar-refractivity contribution in [2.24, 2.45) is 0 Å². The fourth-order valence-corrected chi connectivity index (χ4v) is 3.16. The number of nitrogens with zero attached hydrogens (tertiary/aromatic N) is 1. The maximum absolute atomic E-state index is 12.8. The number of hydrogen-bond acceptors (Lipinski definition) is 4. The van der Waals surface area contributed by atoms with Crippen molar-refractivity contribution < 1.29 is 14.3 Å². The van der Waals surface area contributed by atoms with E-state index in [1.165, 1.54) is 11.1 Å². The van der Waals surface area contributed by atoms with Crippen LogP contribution >= 0.6 is 0 Å². The van der Waals surface area contributed by atoms with E-state index in [1.54, 1.807) is 20.3 Å². The van der Waals surface area contributed by atoms with E-state index in [4.69, 9.17) is 9.47 Å². The summed E-state index contributed by atoms with van der Waals surface area (Å²) in [5.41, 5.74) is 3.37. The first-order valence-electron chi connectivity index (χ1n) is 8.46. The van der Waals surface area contributed by atoms with E-state index in [2.05, 4.69) is 23.5 Å². The maximum atomic E-state index is 12.8. The van der Waals surface area contributed by atoms with E-state index >= 15 is 0 Å².